The third-order valence-electron chi connectivity index (χ3n) is 5.88. The van der Waals surface area contributed by atoms with E-state index in [4.69, 9.17) is 0 Å². The Morgan fingerprint density at radius 3 is 2.15 bits per heavy atom. The molecule has 1 aliphatic heterocycles. The van der Waals surface area contributed by atoms with Gasteiger partial charge in [0.05, 0.1) is 11.4 Å². The second kappa shape index (κ2) is 10.2. The third kappa shape index (κ3) is 5.35. The minimum absolute atomic E-state index is 0.136. The summed E-state index contributed by atoms with van der Waals surface area (Å²) in [6.07, 6.45) is 4.94. The van der Waals surface area contributed by atoms with Crippen molar-refractivity contribution < 1.29 is 13.2 Å². The van der Waals surface area contributed by atoms with Crippen LogP contribution in [0.3, 0.4) is 0 Å². The fourth-order valence-corrected chi connectivity index (χ4v) is 5.13. The summed E-state index contributed by atoms with van der Waals surface area (Å²) in [5, 5.41) is 5.84. The summed E-state index contributed by atoms with van der Waals surface area (Å²) in [6.45, 7) is 5.13. The Morgan fingerprint density at radius 2 is 1.50 bits per heavy atom. The van der Waals surface area contributed by atoms with Crippen LogP contribution in [0.2, 0.25) is 0 Å². The molecule has 7 nitrogen and oxygen atoms in total. The van der Waals surface area contributed by atoms with E-state index < -0.39 is 10.0 Å². The fraction of sp³-hybridized carbons (Fsp3) is 0.231. The Kier molecular flexibility index (Phi) is 7.09. The molecule has 34 heavy (non-hydrogen) atoms. The Balaban J connectivity index is 1.38. The molecule has 1 fully saturated rings. The normalized spacial score (nSPS) is 15.4. The molecule has 4 rings (SSSR count). The van der Waals surface area contributed by atoms with Crippen LogP contribution in [0.1, 0.15) is 22.5 Å². The second-order valence-corrected chi connectivity index (χ2v) is 9.97. The molecular formula is C26H28N4O3S. The van der Waals surface area contributed by atoms with E-state index >= 15 is 0 Å². The molecule has 1 amide bonds. The summed E-state index contributed by atoms with van der Waals surface area (Å²) in [6, 6.07) is 19.2. The number of aromatic nitrogens is 2. The maximum atomic E-state index is 12.8. The van der Waals surface area contributed by atoms with E-state index in [1.165, 1.54) is 9.71 Å². The highest BCUT2D eigenvalue weighted by Gasteiger charge is 2.26. The van der Waals surface area contributed by atoms with Crippen molar-refractivity contribution in [1.82, 2.24) is 19.0 Å². The third-order valence-corrected chi connectivity index (χ3v) is 7.45. The average molecular weight is 477 g/mol. The Labute approximate surface area is 200 Å². The second-order valence-electron chi connectivity index (χ2n) is 8.15. The predicted molar refractivity (Wildman–Crippen MR) is 135 cm³/mol. The van der Waals surface area contributed by atoms with Gasteiger partial charge < -0.3 is 4.90 Å². The molecule has 0 bridgehead atoms. The maximum absolute atomic E-state index is 12.8. The van der Waals surface area contributed by atoms with Crippen molar-refractivity contribution in [3.63, 3.8) is 0 Å². The lowest BCUT2D eigenvalue weighted by Crippen LogP contribution is -2.49. The molecule has 2 heterocycles. The van der Waals surface area contributed by atoms with Crippen molar-refractivity contribution in [2.45, 2.75) is 13.8 Å². The number of rotatable bonds is 6. The van der Waals surface area contributed by atoms with Crippen LogP contribution in [-0.4, -0.2) is 59.5 Å². The van der Waals surface area contributed by atoms with Gasteiger partial charge in [-0.3, -0.25) is 4.79 Å². The molecule has 1 saturated heterocycles. The van der Waals surface area contributed by atoms with Crippen molar-refractivity contribution in [2.75, 3.05) is 26.2 Å². The summed E-state index contributed by atoms with van der Waals surface area (Å²) in [5.41, 5.74) is 4.49. The molecule has 1 aromatic heterocycles. The summed E-state index contributed by atoms with van der Waals surface area (Å²) in [7, 11) is -3.54. The molecule has 0 radical (unpaired) electrons. The minimum atomic E-state index is -3.54. The van der Waals surface area contributed by atoms with Crippen LogP contribution in [0.15, 0.2) is 72.1 Å². The largest absolute Gasteiger partial charge is 0.337 e. The molecule has 0 N–H and O–H groups in total. The zero-order valence-electron chi connectivity index (χ0n) is 19.3. The van der Waals surface area contributed by atoms with E-state index in [1.54, 1.807) is 23.1 Å². The van der Waals surface area contributed by atoms with E-state index in [9.17, 15) is 13.2 Å². The van der Waals surface area contributed by atoms with Crippen LogP contribution in [0.4, 0.5) is 0 Å². The number of carbonyl (C=O) groups is 1. The molecule has 0 spiro atoms. The van der Waals surface area contributed by atoms with Crippen molar-refractivity contribution in [3.05, 3.63) is 94.7 Å². The van der Waals surface area contributed by atoms with Gasteiger partial charge in [0.25, 0.3) is 0 Å². The van der Waals surface area contributed by atoms with E-state index in [0.29, 0.717) is 13.1 Å². The molecule has 176 valence electrons. The number of hydrogen-bond donors (Lipinski definition) is 0. The Bertz CT molecular complexity index is 1300. The van der Waals surface area contributed by atoms with E-state index in [2.05, 4.69) is 5.10 Å². The van der Waals surface area contributed by atoms with Gasteiger partial charge in [-0.15, -0.1) is 0 Å². The molecule has 1 aliphatic rings. The summed E-state index contributed by atoms with van der Waals surface area (Å²) < 4.78 is 28.6. The number of para-hydroxylation sites is 1. The van der Waals surface area contributed by atoms with Crippen LogP contribution >= 0.6 is 0 Å². The quantitative estimate of drug-likeness (QED) is 0.509. The molecule has 0 unspecified atom stereocenters. The molecule has 0 aliphatic carbocycles. The van der Waals surface area contributed by atoms with Gasteiger partial charge in [-0.1, -0.05) is 48.5 Å². The lowest BCUT2D eigenvalue weighted by Gasteiger charge is -2.32. The lowest BCUT2D eigenvalue weighted by atomic mass is 10.1. The highest BCUT2D eigenvalue weighted by molar-refractivity contribution is 7.92. The molecule has 8 heteroatoms. The van der Waals surface area contributed by atoms with E-state index in [1.807, 2.05) is 79.2 Å². The van der Waals surface area contributed by atoms with Crippen LogP contribution in [0.5, 0.6) is 0 Å². The van der Waals surface area contributed by atoms with Gasteiger partial charge in [0.2, 0.25) is 15.9 Å². The van der Waals surface area contributed by atoms with E-state index in [0.717, 1.165) is 28.2 Å². The zero-order chi connectivity index (χ0) is 24.1. The topological polar surface area (TPSA) is 75.5 Å². The van der Waals surface area contributed by atoms with Crippen molar-refractivity contribution in [1.29, 1.82) is 0 Å². The van der Waals surface area contributed by atoms with Gasteiger partial charge in [0.1, 0.15) is 0 Å². The number of nitrogens with zero attached hydrogens (tertiary/aromatic N) is 4. The first-order valence-electron chi connectivity index (χ1n) is 11.2. The zero-order valence-corrected chi connectivity index (χ0v) is 20.1. The van der Waals surface area contributed by atoms with Gasteiger partial charge in [-0.25, -0.2) is 13.1 Å². The number of amides is 1. The molecule has 2 aromatic carbocycles. The van der Waals surface area contributed by atoms with Gasteiger partial charge >= 0.3 is 0 Å². The number of carbonyl (C=O) groups excluding carboxylic acids is 1. The maximum Gasteiger partial charge on any atom is 0.246 e. The summed E-state index contributed by atoms with van der Waals surface area (Å²) >= 11 is 0. The fourth-order valence-electron chi connectivity index (χ4n) is 3.95. The van der Waals surface area contributed by atoms with Crippen LogP contribution in [-0.2, 0) is 14.8 Å². The van der Waals surface area contributed by atoms with Gasteiger partial charge in [0.15, 0.2) is 0 Å². The number of benzene rings is 2. The minimum Gasteiger partial charge on any atom is -0.337 e. The highest BCUT2D eigenvalue weighted by atomic mass is 32.2. The molecule has 0 atom stereocenters. The van der Waals surface area contributed by atoms with Gasteiger partial charge in [-0.05, 0) is 43.7 Å². The highest BCUT2D eigenvalue weighted by Crippen LogP contribution is 2.19. The first-order valence-corrected chi connectivity index (χ1v) is 12.7. The standard InChI is InChI=1S/C26H28N4O3S/c1-21-25(22(2)30(27-21)24-11-7-4-8-12-24)13-14-26(31)28-16-18-29(19-17-28)34(32,33)20-15-23-9-5-3-6-10-23/h3-15,20H,16-19H2,1-2H3/b14-13+,20-15+. The first-order chi connectivity index (χ1) is 16.3. The first kappa shape index (κ1) is 23.7. The van der Waals surface area contributed by atoms with Gasteiger partial charge in [-0.2, -0.15) is 9.40 Å². The summed E-state index contributed by atoms with van der Waals surface area (Å²) in [4.78, 5) is 14.4. The van der Waals surface area contributed by atoms with E-state index in [-0.39, 0.29) is 19.0 Å². The monoisotopic (exact) mass is 476 g/mol. The SMILES string of the molecule is Cc1nn(-c2ccccc2)c(C)c1/C=C/C(=O)N1CCN(S(=O)(=O)/C=C/c2ccccc2)CC1. The van der Waals surface area contributed by atoms with Crippen molar-refractivity contribution >= 4 is 28.1 Å². The predicted octanol–water partition coefficient (Wildman–Crippen LogP) is 3.65. The van der Waals surface area contributed by atoms with Crippen LogP contribution in [0.25, 0.3) is 17.8 Å². The van der Waals surface area contributed by atoms with Crippen molar-refractivity contribution in [3.8, 4) is 5.69 Å². The average Bonchev–Trinajstić information content (AvgIpc) is 3.15. The number of piperazine rings is 1. The Morgan fingerprint density at radius 1 is 0.882 bits per heavy atom. The van der Waals surface area contributed by atoms with Crippen LogP contribution in [0, 0.1) is 13.8 Å². The smallest absolute Gasteiger partial charge is 0.246 e. The number of sulfonamides is 1. The number of aryl methyl sites for hydroxylation is 1. The summed E-state index contributed by atoms with van der Waals surface area (Å²) in [5.74, 6) is -0.136. The molecule has 0 saturated carbocycles. The number of hydrogen-bond acceptors (Lipinski definition) is 4. The van der Waals surface area contributed by atoms with Gasteiger partial charge in [0, 0.05) is 48.9 Å². The lowest BCUT2D eigenvalue weighted by molar-refractivity contribution is -0.127. The molecule has 3 aromatic rings. The Hall–Kier alpha value is -3.49. The van der Waals surface area contributed by atoms with Crippen LogP contribution < -0.4 is 0 Å². The van der Waals surface area contributed by atoms with Crippen molar-refractivity contribution in [2.24, 2.45) is 0 Å². The molecular weight excluding hydrogens is 448 g/mol.